The Labute approximate surface area is 265 Å². The van der Waals surface area contributed by atoms with E-state index >= 15 is 0 Å². The maximum Gasteiger partial charge on any atom is 0.410 e. The van der Waals surface area contributed by atoms with Crippen molar-refractivity contribution in [1.29, 1.82) is 5.26 Å². The Kier molecular flexibility index (Phi) is 9.56. The van der Waals surface area contributed by atoms with E-state index in [0.717, 1.165) is 57.5 Å². The summed E-state index contributed by atoms with van der Waals surface area (Å²) in [5.41, 5.74) is 1.80. The van der Waals surface area contributed by atoms with Gasteiger partial charge in [0, 0.05) is 31.9 Å². The number of nitriles is 1. The van der Waals surface area contributed by atoms with Gasteiger partial charge in [0.05, 0.1) is 43.4 Å². The van der Waals surface area contributed by atoms with Crippen LogP contribution in [0.4, 0.5) is 10.5 Å². The quantitative estimate of drug-likeness (QED) is 0.322. The summed E-state index contributed by atoms with van der Waals surface area (Å²) >= 11 is 0. The molecule has 0 unspecified atom stereocenters. The summed E-state index contributed by atoms with van der Waals surface area (Å²) in [7, 11) is 1.55. The number of hydrogen-bond donors (Lipinski definition) is 0. The van der Waals surface area contributed by atoms with E-state index in [1.54, 1.807) is 31.4 Å². The van der Waals surface area contributed by atoms with Crippen LogP contribution < -0.4 is 14.4 Å². The van der Waals surface area contributed by atoms with E-state index in [1.165, 1.54) is 4.90 Å². The fourth-order valence-electron chi connectivity index (χ4n) is 6.85. The molecule has 2 aromatic rings. The Morgan fingerprint density at radius 2 is 1.58 bits per heavy atom. The van der Waals surface area contributed by atoms with Crippen molar-refractivity contribution in [3.8, 4) is 17.6 Å². The maximum absolute atomic E-state index is 13.8. The molecule has 3 aliphatic heterocycles. The van der Waals surface area contributed by atoms with Crippen molar-refractivity contribution in [3.05, 3.63) is 53.1 Å². The third-order valence-corrected chi connectivity index (χ3v) is 9.13. The van der Waals surface area contributed by atoms with E-state index in [1.807, 2.05) is 44.7 Å². The number of piperidine rings is 2. The van der Waals surface area contributed by atoms with Gasteiger partial charge in [0.15, 0.2) is 11.5 Å². The minimum atomic E-state index is -0.756. The first kappa shape index (κ1) is 32.1. The summed E-state index contributed by atoms with van der Waals surface area (Å²) in [4.78, 5) is 45.1. The summed E-state index contributed by atoms with van der Waals surface area (Å²) in [6.45, 7) is 11.1. The number of amides is 3. The molecule has 0 saturated carbocycles. The number of likely N-dealkylation sites (tertiary alicyclic amines) is 1. The van der Waals surface area contributed by atoms with Crippen LogP contribution in [0.3, 0.4) is 0 Å². The summed E-state index contributed by atoms with van der Waals surface area (Å²) in [5.74, 6) is 1.42. The predicted octanol–water partition coefficient (Wildman–Crippen LogP) is 6.21. The Morgan fingerprint density at radius 3 is 2.18 bits per heavy atom. The number of hydrogen-bond acceptors (Lipinski definition) is 8. The number of benzene rings is 2. The number of carbonyl (C=O) groups excluding carboxylic acids is 3. The highest BCUT2D eigenvalue weighted by molar-refractivity contribution is 6.22. The van der Waals surface area contributed by atoms with E-state index in [9.17, 15) is 19.6 Å². The van der Waals surface area contributed by atoms with Crippen LogP contribution in [-0.4, -0.2) is 73.2 Å². The summed E-state index contributed by atoms with van der Waals surface area (Å²) < 4.78 is 16.7. The third kappa shape index (κ3) is 6.87. The van der Waals surface area contributed by atoms with Crippen LogP contribution in [0.1, 0.15) is 92.1 Å². The van der Waals surface area contributed by atoms with Crippen LogP contribution in [0.2, 0.25) is 0 Å². The lowest BCUT2D eigenvalue weighted by atomic mass is 9.79. The number of methoxy groups -OCH3 is 1. The molecule has 2 fully saturated rings. The van der Waals surface area contributed by atoms with E-state index in [4.69, 9.17) is 14.2 Å². The normalized spacial score (nSPS) is 18.4. The minimum absolute atomic E-state index is 0.0412. The second-order valence-electron chi connectivity index (χ2n) is 13.1. The molecule has 2 saturated heterocycles. The molecule has 10 nitrogen and oxygen atoms in total. The van der Waals surface area contributed by atoms with Gasteiger partial charge in [-0.15, -0.1) is 0 Å². The van der Waals surface area contributed by atoms with Crippen molar-refractivity contribution in [1.82, 2.24) is 9.80 Å². The summed E-state index contributed by atoms with van der Waals surface area (Å²) in [6.07, 6.45) is 3.78. The molecule has 0 spiro atoms. The van der Waals surface area contributed by atoms with Gasteiger partial charge in [-0.2, -0.15) is 5.26 Å². The molecule has 0 radical (unpaired) electrons. The van der Waals surface area contributed by atoms with Crippen molar-refractivity contribution in [2.45, 2.75) is 71.4 Å². The molecule has 0 aromatic heterocycles. The second-order valence-corrected chi connectivity index (χ2v) is 13.1. The van der Waals surface area contributed by atoms with Crippen LogP contribution in [0.5, 0.6) is 11.5 Å². The number of ether oxygens (including phenoxy) is 3. The SMILES string of the molecule is CCOc1cc([C@@H](CC#N)N2C(=O)c3ccc(N4CCC(C5CCN(C(=O)OC(C)(C)C)CC5)CC4)cc3C2=O)ccc1OC. The lowest BCUT2D eigenvalue weighted by molar-refractivity contribution is 0.0152. The van der Waals surface area contributed by atoms with Crippen LogP contribution >= 0.6 is 0 Å². The van der Waals surface area contributed by atoms with Crippen molar-refractivity contribution in [2.75, 3.05) is 44.8 Å². The van der Waals surface area contributed by atoms with Crippen molar-refractivity contribution in [2.24, 2.45) is 11.8 Å². The van der Waals surface area contributed by atoms with Gasteiger partial charge in [0.25, 0.3) is 11.8 Å². The molecule has 10 heteroatoms. The highest BCUT2D eigenvalue weighted by atomic mass is 16.6. The van der Waals surface area contributed by atoms with E-state index in [-0.39, 0.29) is 12.5 Å². The molecule has 0 bridgehead atoms. The monoisotopic (exact) mass is 616 g/mol. The standard InChI is InChI=1S/C35H44N4O6/c1-6-44-31-21-25(7-10-30(31)43-5)29(11-16-36)39-32(40)27-9-8-26(22-28(27)33(39)41)37-17-12-23(13-18-37)24-14-19-38(20-15-24)34(42)45-35(2,3)4/h7-10,21-24,29H,6,11-15,17-20H2,1-5H3/t29-/m1/s1. The van der Waals surface area contributed by atoms with Gasteiger partial charge in [0.2, 0.25) is 0 Å². The van der Waals surface area contributed by atoms with Crippen molar-refractivity contribution < 1.29 is 28.6 Å². The molecule has 240 valence electrons. The first-order valence-corrected chi connectivity index (χ1v) is 16.0. The number of rotatable bonds is 8. The Morgan fingerprint density at radius 1 is 0.933 bits per heavy atom. The Bertz CT molecular complexity index is 1460. The maximum atomic E-state index is 13.8. The number of fused-ring (bicyclic) bond motifs is 1. The number of anilines is 1. The Hall–Kier alpha value is -4.26. The van der Waals surface area contributed by atoms with Gasteiger partial charge in [-0.25, -0.2) is 4.79 Å². The number of carbonyl (C=O) groups is 3. The summed E-state index contributed by atoms with van der Waals surface area (Å²) in [6, 6.07) is 12.1. The molecule has 3 aliphatic rings. The average Bonchev–Trinajstić information content (AvgIpc) is 3.27. The summed E-state index contributed by atoms with van der Waals surface area (Å²) in [5, 5.41) is 9.64. The topological polar surface area (TPSA) is 112 Å². The molecular weight excluding hydrogens is 572 g/mol. The number of imide groups is 1. The lowest BCUT2D eigenvalue weighted by Gasteiger charge is -2.41. The van der Waals surface area contributed by atoms with Gasteiger partial charge in [-0.3, -0.25) is 14.5 Å². The molecular formula is C35H44N4O6. The average molecular weight is 617 g/mol. The van der Waals surface area contributed by atoms with Crippen LogP contribution in [0.25, 0.3) is 0 Å². The van der Waals surface area contributed by atoms with Gasteiger partial charge < -0.3 is 24.0 Å². The number of nitrogens with zero attached hydrogens (tertiary/aromatic N) is 4. The van der Waals surface area contributed by atoms with Gasteiger partial charge in [0.1, 0.15) is 5.60 Å². The smallest absolute Gasteiger partial charge is 0.410 e. The molecule has 45 heavy (non-hydrogen) atoms. The first-order chi connectivity index (χ1) is 21.5. The van der Waals surface area contributed by atoms with Gasteiger partial charge in [-0.05, 0) is 101 Å². The molecule has 0 aliphatic carbocycles. The zero-order valence-electron chi connectivity index (χ0n) is 27.0. The van der Waals surface area contributed by atoms with Crippen LogP contribution in [-0.2, 0) is 4.74 Å². The Balaban J connectivity index is 1.24. The lowest BCUT2D eigenvalue weighted by Crippen LogP contribution is -2.44. The van der Waals surface area contributed by atoms with Crippen molar-refractivity contribution >= 4 is 23.6 Å². The van der Waals surface area contributed by atoms with Crippen LogP contribution in [0, 0.1) is 23.2 Å². The zero-order valence-corrected chi connectivity index (χ0v) is 27.0. The van der Waals surface area contributed by atoms with E-state index in [0.29, 0.717) is 46.6 Å². The fourth-order valence-corrected chi connectivity index (χ4v) is 6.85. The molecule has 1 atom stereocenters. The predicted molar refractivity (Wildman–Crippen MR) is 170 cm³/mol. The molecule has 5 rings (SSSR count). The van der Waals surface area contributed by atoms with Gasteiger partial charge in [-0.1, -0.05) is 6.07 Å². The van der Waals surface area contributed by atoms with Gasteiger partial charge >= 0.3 is 6.09 Å². The molecule has 0 N–H and O–H groups in total. The van der Waals surface area contributed by atoms with Crippen LogP contribution in [0.15, 0.2) is 36.4 Å². The highest BCUT2D eigenvalue weighted by Gasteiger charge is 2.41. The molecule has 3 heterocycles. The second kappa shape index (κ2) is 13.4. The van der Waals surface area contributed by atoms with E-state index < -0.39 is 23.5 Å². The molecule has 2 aromatic carbocycles. The highest BCUT2D eigenvalue weighted by Crippen LogP contribution is 2.39. The third-order valence-electron chi connectivity index (χ3n) is 9.13. The van der Waals surface area contributed by atoms with E-state index in [2.05, 4.69) is 11.0 Å². The minimum Gasteiger partial charge on any atom is -0.493 e. The largest absolute Gasteiger partial charge is 0.493 e. The zero-order chi connectivity index (χ0) is 32.3. The molecule has 3 amide bonds. The van der Waals surface area contributed by atoms with Crippen molar-refractivity contribution in [3.63, 3.8) is 0 Å². The first-order valence-electron chi connectivity index (χ1n) is 16.0. The fraction of sp³-hybridized carbons (Fsp3) is 0.543.